The molecule has 1 amide bonds. The van der Waals surface area contributed by atoms with Gasteiger partial charge in [0, 0.05) is 19.2 Å². The number of benzene rings is 2. The fourth-order valence-corrected chi connectivity index (χ4v) is 2.35. The number of amides is 1. The van der Waals surface area contributed by atoms with Gasteiger partial charge in [-0.2, -0.15) is 0 Å². The van der Waals surface area contributed by atoms with Crippen molar-refractivity contribution in [2.75, 3.05) is 27.4 Å². The van der Waals surface area contributed by atoms with Gasteiger partial charge in [0.2, 0.25) is 0 Å². The summed E-state index contributed by atoms with van der Waals surface area (Å²) in [5.74, 6) is -0.709. The average molecular weight is 387 g/mol. The third-order valence-electron chi connectivity index (χ3n) is 3.87. The van der Waals surface area contributed by atoms with E-state index in [1.54, 1.807) is 30.3 Å². The van der Waals surface area contributed by atoms with Gasteiger partial charge in [0.25, 0.3) is 5.91 Å². The van der Waals surface area contributed by atoms with Crippen LogP contribution in [0.3, 0.4) is 0 Å². The molecule has 0 spiro atoms. The Balaban J connectivity index is 1.94. The van der Waals surface area contributed by atoms with Crippen LogP contribution in [0.4, 0.5) is 4.39 Å². The topological polar surface area (TPSA) is 65.1 Å². The Kier molecular flexibility index (Phi) is 7.56. The van der Waals surface area contributed by atoms with E-state index < -0.39 is 24.3 Å². The summed E-state index contributed by atoms with van der Waals surface area (Å²) in [4.78, 5) is 25.7. The monoisotopic (exact) mass is 387 g/mol. The van der Waals surface area contributed by atoms with Crippen molar-refractivity contribution in [1.29, 1.82) is 0 Å². The van der Waals surface area contributed by atoms with Gasteiger partial charge < -0.3 is 19.1 Å². The highest BCUT2D eigenvalue weighted by atomic mass is 19.1. The van der Waals surface area contributed by atoms with Crippen LogP contribution in [0.25, 0.3) is 0 Å². The van der Waals surface area contributed by atoms with Crippen LogP contribution in [0.15, 0.2) is 55.1 Å². The molecule has 0 saturated heterocycles. The molecular weight excluding hydrogens is 365 g/mol. The van der Waals surface area contributed by atoms with Gasteiger partial charge in [-0.1, -0.05) is 30.9 Å². The summed E-state index contributed by atoms with van der Waals surface area (Å²) in [6.07, 6.45) is 1.59. The molecule has 0 atom stereocenters. The second kappa shape index (κ2) is 10.1. The molecular formula is C21H22FNO5. The molecule has 148 valence electrons. The Hall–Kier alpha value is -3.35. The van der Waals surface area contributed by atoms with Crippen molar-refractivity contribution in [1.82, 2.24) is 4.90 Å². The van der Waals surface area contributed by atoms with Crippen molar-refractivity contribution in [3.05, 3.63) is 72.1 Å². The molecule has 0 unspecified atom stereocenters. The standard InChI is InChI=1S/C21H22FNO5/c1-4-11-27-18-10-9-15(12-19(18)26-3)21(25)28-14-20(24)23(2)13-16-7-5-6-8-17(16)22/h4-10,12H,1,11,13-14H2,2-3H3. The minimum atomic E-state index is -0.679. The highest BCUT2D eigenvalue weighted by Crippen LogP contribution is 2.28. The number of likely N-dealkylation sites (N-methyl/N-ethyl adjacent to an activating group) is 1. The van der Waals surface area contributed by atoms with Crippen LogP contribution in [0, 0.1) is 5.82 Å². The van der Waals surface area contributed by atoms with E-state index in [1.807, 2.05) is 0 Å². The van der Waals surface area contributed by atoms with E-state index in [1.165, 1.54) is 37.3 Å². The normalized spacial score (nSPS) is 10.1. The Bertz CT molecular complexity index is 852. The van der Waals surface area contributed by atoms with E-state index in [-0.39, 0.29) is 12.1 Å². The second-order valence-electron chi connectivity index (χ2n) is 5.88. The van der Waals surface area contributed by atoms with Gasteiger partial charge in [-0.05, 0) is 24.3 Å². The fraction of sp³-hybridized carbons (Fsp3) is 0.238. The number of nitrogens with zero attached hydrogens (tertiary/aromatic N) is 1. The third-order valence-corrected chi connectivity index (χ3v) is 3.87. The Morgan fingerprint density at radius 3 is 2.61 bits per heavy atom. The molecule has 7 heteroatoms. The summed E-state index contributed by atoms with van der Waals surface area (Å²) < 4.78 is 29.4. The van der Waals surface area contributed by atoms with E-state index in [0.717, 1.165) is 0 Å². The number of methoxy groups -OCH3 is 1. The van der Waals surface area contributed by atoms with Gasteiger partial charge in [0.05, 0.1) is 12.7 Å². The van der Waals surface area contributed by atoms with Crippen molar-refractivity contribution >= 4 is 11.9 Å². The summed E-state index contributed by atoms with van der Waals surface area (Å²) in [5.41, 5.74) is 0.594. The second-order valence-corrected chi connectivity index (χ2v) is 5.88. The first-order valence-electron chi connectivity index (χ1n) is 8.52. The van der Waals surface area contributed by atoms with Gasteiger partial charge in [-0.3, -0.25) is 4.79 Å². The smallest absolute Gasteiger partial charge is 0.338 e. The number of esters is 1. The summed E-state index contributed by atoms with van der Waals surface area (Å²) in [7, 11) is 2.96. The number of carbonyl (C=O) groups is 2. The zero-order valence-electron chi connectivity index (χ0n) is 15.8. The average Bonchev–Trinajstić information content (AvgIpc) is 2.71. The van der Waals surface area contributed by atoms with Crippen LogP contribution < -0.4 is 9.47 Å². The molecule has 0 aliphatic carbocycles. The van der Waals surface area contributed by atoms with Crippen LogP contribution in [-0.2, 0) is 16.1 Å². The van der Waals surface area contributed by atoms with Gasteiger partial charge in [-0.15, -0.1) is 0 Å². The Labute approximate surface area is 163 Å². The van der Waals surface area contributed by atoms with E-state index in [9.17, 15) is 14.0 Å². The summed E-state index contributed by atoms with van der Waals surface area (Å²) in [6, 6.07) is 10.7. The fourth-order valence-electron chi connectivity index (χ4n) is 2.35. The minimum absolute atomic E-state index is 0.0756. The molecule has 0 fully saturated rings. The summed E-state index contributed by atoms with van der Waals surface area (Å²) in [6.45, 7) is 3.48. The number of ether oxygens (including phenoxy) is 3. The molecule has 28 heavy (non-hydrogen) atoms. The molecule has 0 saturated carbocycles. The van der Waals surface area contributed by atoms with E-state index in [4.69, 9.17) is 14.2 Å². The Morgan fingerprint density at radius 2 is 1.93 bits per heavy atom. The first-order chi connectivity index (χ1) is 13.5. The molecule has 0 aliphatic heterocycles. The lowest BCUT2D eigenvalue weighted by Crippen LogP contribution is -2.31. The van der Waals surface area contributed by atoms with Gasteiger partial charge in [-0.25, -0.2) is 9.18 Å². The van der Waals surface area contributed by atoms with Gasteiger partial charge in [0.15, 0.2) is 18.1 Å². The quantitative estimate of drug-likeness (QED) is 0.488. The number of rotatable bonds is 9. The first kappa shape index (κ1) is 21.0. The van der Waals surface area contributed by atoms with E-state index in [2.05, 4.69) is 6.58 Å². The number of hydrogen-bond donors (Lipinski definition) is 0. The number of carbonyl (C=O) groups excluding carboxylic acids is 2. The predicted molar refractivity (Wildman–Crippen MR) is 102 cm³/mol. The SMILES string of the molecule is C=CCOc1ccc(C(=O)OCC(=O)N(C)Cc2ccccc2F)cc1OC. The van der Waals surface area contributed by atoms with Crippen molar-refractivity contribution in [3.63, 3.8) is 0 Å². The lowest BCUT2D eigenvalue weighted by molar-refractivity contribution is -0.133. The molecule has 2 aromatic rings. The molecule has 2 aromatic carbocycles. The molecule has 0 bridgehead atoms. The van der Waals surface area contributed by atoms with E-state index >= 15 is 0 Å². The molecule has 6 nitrogen and oxygen atoms in total. The number of hydrogen-bond acceptors (Lipinski definition) is 5. The van der Waals surface area contributed by atoms with Crippen LogP contribution in [-0.4, -0.2) is 44.1 Å². The molecule has 2 rings (SSSR count). The van der Waals surface area contributed by atoms with Crippen molar-refractivity contribution in [2.45, 2.75) is 6.54 Å². The first-order valence-corrected chi connectivity index (χ1v) is 8.52. The molecule has 0 N–H and O–H groups in total. The largest absolute Gasteiger partial charge is 0.493 e. The summed E-state index contributed by atoms with van der Waals surface area (Å²) >= 11 is 0. The molecule has 0 heterocycles. The third kappa shape index (κ3) is 5.57. The maximum absolute atomic E-state index is 13.7. The van der Waals surface area contributed by atoms with Crippen LogP contribution >= 0.6 is 0 Å². The van der Waals surface area contributed by atoms with Gasteiger partial charge in [0.1, 0.15) is 12.4 Å². The van der Waals surface area contributed by atoms with Crippen molar-refractivity contribution in [3.8, 4) is 11.5 Å². The number of halogens is 1. The van der Waals surface area contributed by atoms with Crippen LogP contribution in [0.5, 0.6) is 11.5 Å². The van der Waals surface area contributed by atoms with Crippen molar-refractivity contribution < 1.29 is 28.2 Å². The maximum atomic E-state index is 13.7. The lowest BCUT2D eigenvalue weighted by Gasteiger charge is -2.17. The highest BCUT2D eigenvalue weighted by Gasteiger charge is 2.16. The molecule has 0 aliphatic rings. The van der Waals surface area contributed by atoms with Crippen LogP contribution in [0.1, 0.15) is 15.9 Å². The molecule has 0 radical (unpaired) electrons. The van der Waals surface area contributed by atoms with Gasteiger partial charge >= 0.3 is 5.97 Å². The van der Waals surface area contributed by atoms with Crippen LogP contribution in [0.2, 0.25) is 0 Å². The predicted octanol–water partition coefficient (Wildman–Crippen LogP) is 3.21. The van der Waals surface area contributed by atoms with Crippen molar-refractivity contribution in [2.24, 2.45) is 0 Å². The van der Waals surface area contributed by atoms with E-state index in [0.29, 0.717) is 23.7 Å². The lowest BCUT2D eigenvalue weighted by atomic mass is 10.2. The minimum Gasteiger partial charge on any atom is -0.493 e. The molecule has 0 aromatic heterocycles. The zero-order valence-corrected chi connectivity index (χ0v) is 15.8. The Morgan fingerprint density at radius 1 is 1.18 bits per heavy atom. The maximum Gasteiger partial charge on any atom is 0.338 e. The highest BCUT2D eigenvalue weighted by molar-refractivity contribution is 5.92. The zero-order chi connectivity index (χ0) is 20.5. The summed E-state index contributed by atoms with van der Waals surface area (Å²) in [5, 5.41) is 0.